The summed E-state index contributed by atoms with van der Waals surface area (Å²) < 4.78 is 68.6. The fourth-order valence-electron chi connectivity index (χ4n) is 1.28. The van der Waals surface area contributed by atoms with E-state index in [1.165, 1.54) is 0 Å². The number of aliphatic carboxylic acids is 1. The fraction of sp³-hybridized carbons (Fsp3) is 0.364. The molecule has 1 aromatic carbocycles. The first kappa shape index (κ1) is 16.7. The van der Waals surface area contributed by atoms with Crippen molar-refractivity contribution in [2.45, 2.75) is 18.8 Å². The van der Waals surface area contributed by atoms with Crippen molar-refractivity contribution < 1.29 is 36.6 Å². The van der Waals surface area contributed by atoms with Crippen LogP contribution in [0.15, 0.2) is 16.6 Å². The number of carboxylic acid groups (broad SMARTS) is 1. The van der Waals surface area contributed by atoms with Gasteiger partial charge in [0.25, 0.3) is 0 Å². The van der Waals surface area contributed by atoms with Gasteiger partial charge in [0.05, 0.1) is 11.1 Å². The van der Waals surface area contributed by atoms with Crippen LogP contribution in [0.25, 0.3) is 0 Å². The van der Waals surface area contributed by atoms with Crippen LogP contribution in [0, 0.1) is 5.82 Å². The Hall–Kier alpha value is -1.38. The third-order valence-electron chi connectivity index (χ3n) is 2.24. The van der Waals surface area contributed by atoms with Crippen LogP contribution < -0.4 is 4.74 Å². The van der Waals surface area contributed by atoms with Crippen LogP contribution in [0.2, 0.25) is 0 Å². The summed E-state index contributed by atoms with van der Waals surface area (Å²) in [5, 5.41) is 8.27. The van der Waals surface area contributed by atoms with E-state index in [4.69, 9.17) is 5.11 Å². The summed E-state index contributed by atoms with van der Waals surface area (Å²) in [6, 6.07) is 1.47. The van der Waals surface area contributed by atoms with Crippen molar-refractivity contribution in [3.05, 3.63) is 28.0 Å². The summed E-state index contributed by atoms with van der Waals surface area (Å²) in [6.45, 7) is -0.704. The van der Waals surface area contributed by atoms with Crippen LogP contribution in [0.1, 0.15) is 12.0 Å². The Labute approximate surface area is 118 Å². The fourth-order valence-corrected chi connectivity index (χ4v) is 1.60. The van der Waals surface area contributed by atoms with Gasteiger partial charge in [0, 0.05) is 6.42 Å². The van der Waals surface area contributed by atoms with Gasteiger partial charge in [0.2, 0.25) is 0 Å². The molecule has 1 N–H and O–H groups in total. The van der Waals surface area contributed by atoms with E-state index < -0.39 is 48.5 Å². The molecule has 0 radical (unpaired) electrons. The Kier molecular flexibility index (Phi) is 5.32. The Morgan fingerprint density at radius 2 is 2.00 bits per heavy atom. The van der Waals surface area contributed by atoms with Gasteiger partial charge in [0.15, 0.2) is 17.7 Å². The molecule has 1 unspecified atom stereocenters. The highest BCUT2D eigenvalue weighted by atomic mass is 79.9. The number of hydrogen-bond acceptors (Lipinski definition) is 2. The van der Waals surface area contributed by atoms with Crippen LogP contribution in [-0.2, 0) is 11.0 Å². The van der Waals surface area contributed by atoms with E-state index in [2.05, 4.69) is 20.7 Å². The second-order valence-electron chi connectivity index (χ2n) is 3.68. The third-order valence-corrected chi connectivity index (χ3v) is 2.85. The first-order chi connectivity index (χ1) is 9.14. The summed E-state index contributed by atoms with van der Waals surface area (Å²) in [5.74, 6) is -4.14. The van der Waals surface area contributed by atoms with E-state index in [1.54, 1.807) is 0 Å². The van der Waals surface area contributed by atoms with Gasteiger partial charge in [-0.1, -0.05) is 0 Å². The smallest absolute Gasteiger partial charge is 0.420 e. The van der Waals surface area contributed by atoms with Crippen LogP contribution >= 0.6 is 15.9 Å². The lowest BCUT2D eigenvalue weighted by Gasteiger charge is -2.15. The highest BCUT2D eigenvalue weighted by molar-refractivity contribution is 9.10. The van der Waals surface area contributed by atoms with Crippen LogP contribution in [0.4, 0.5) is 22.0 Å². The molecule has 0 aliphatic carbocycles. The summed E-state index contributed by atoms with van der Waals surface area (Å²) in [6.07, 6.45) is -7.84. The predicted octanol–water partition coefficient (Wildman–Crippen LogP) is 3.80. The van der Waals surface area contributed by atoms with E-state index >= 15 is 0 Å². The van der Waals surface area contributed by atoms with Gasteiger partial charge < -0.3 is 9.84 Å². The second kappa shape index (κ2) is 6.38. The first-order valence-corrected chi connectivity index (χ1v) is 5.98. The monoisotopic (exact) mass is 362 g/mol. The second-order valence-corrected chi connectivity index (χ2v) is 4.53. The topological polar surface area (TPSA) is 46.5 Å². The van der Waals surface area contributed by atoms with Gasteiger partial charge in [-0.05, 0) is 28.1 Å². The van der Waals surface area contributed by atoms with Crippen molar-refractivity contribution in [3.8, 4) is 5.75 Å². The summed E-state index contributed by atoms with van der Waals surface area (Å²) in [5.41, 5.74) is -1.36. The summed E-state index contributed by atoms with van der Waals surface area (Å²) in [7, 11) is 0. The van der Waals surface area contributed by atoms with Crippen molar-refractivity contribution >= 4 is 21.9 Å². The minimum Gasteiger partial charge on any atom is -0.490 e. The molecule has 0 saturated heterocycles. The molecule has 3 nitrogen and oxygen atoms in total. The zero-order valence-electron chi connectivity index (χ0n) is 9.68. The molecule has 1 rings (SSSR count). The molecule has 112 valence electrons. The number of alkyl halides is 4. The minimum absolute atomic E-state index is 0.254. The molecule has 0 fully saturated rings. The molecular formula is C11H8BrF5O3. The number of rotatable bonds is 5. The lowest BCUT2D eigenvalue weighted by atomic mass is 10.2. The number of benzene rings is 1. The number of carboxylic acids is 1. The van der Waals surface area contributed by atoms with Crippen LogP contribution in [-0.4, -0.2) is 23.9 Å². The number of ether oxygens (including phenoxy) is 1. The largest absolute Gasteiger partial charge is 0.490 e. The molecular weight excluding hydrogens is 355 g/mol. The molecule has 9 heteroatoms. The SMILES string of the molecule is O=C(O)C(F)CCOc1c(C(F)(F)F)ccc(Br)c1F. The summed E-state index contributed by atoms with van der Waals surface area (Å²) >= 11 is 2.70. The van der Waals surface area contributed by atoms with E-state index in [1.807, 2.05) is 0 Å². The van der Waals surface area contributed by atoms with E-state index in [0.29, 0.717) is 6.07 Å². The van der Waals surface area contributed by atoms with Crippen molar-refractivity contribution in [1.29, 1.82) is 0 Å². The van der Waals surface area contributed by atoms with Gasteiger partial charge in [-0.2, -0.15) is 13.2 Å². The van der Waals surface area contributed by atoms with Gasteiger partial charge in [-0.15, -0.1) is 0 Å². The minimum atomic E-state index is -4.85. The van der Waals surface area contributed by atoms with Gasteiger partial charge in [0.1, 0.15) is 5.56 Å². The van der Waals surface area contributed by atoms with E-state index in [-0.39, 0.29) is 4.47 Å². The molecule has 20 heavy (non-hydrogen) atoms. The molecule has 0 aromatic heterocycles. The number of hydrogen-bond donors (Lipinski definition) is 1. The molecule has 0 saturated carbocycles. The zero-order chi connectivity index (χ0) is 15.5. The average molecular weight is 363 g/mol. The van der Waals surface area contributed by atoms with Crippen molar-refractivity contribution in [1.82, 2.24) is 0 Å². The maximum Gasteiger partial charge on any atom is 0.420 e. The average Bonchev–Trinajstić information content (AvgIpc) is 2.32. The van der Waals surface area contributed by atoms with E-state index in [9.17, 15) is 26.7 Å². The highest BCUT2D eigenvalue weighted by Crippen LogP contribution is 2.40. The van der Waals surface area contributed by atoms with Gasteiger partial charge in [-0.25, -0.2) is 13.6 Å². The van der Waals surface area contributed by atoms with Crippen molar-refractivity contribution in [3.63, 3.8) is 0 Å². The summed E-state index contributed by atoms with van der Waals surface area (Å²) in [4.78, 5) is 10.2. The molecule has 0 aliphatic rings. The molecule has 0 spiro atoms. The maximum atomic E-state index is 13.6. The lowest BCUT2D eigenvalue weighted by Crippen LogP contribution is -2.19. The molecule has 0 heterocycles. The quantitative estimate of drug-likeness (QED) is 0.810. The van der Waals surface area contributed by atoms with Crippen LogP contribution in [0.5, 0.6) is 5.75 Å². The third kappa shape index (κ3) is 4.06. The normalized spacial score (nSPS) is 13.1. The Morgan fingerprint density at radius 1 is 1.40 bits per heavy atom. The zero-order valence-corrected chi connectivity index (χ0v) is 11.3. The van der Waals surface area contributed by atoms with Crippen molar-refractivity contribution in [2.24, 2.45) is 0 Å². The molecule has 0 bridgehead atoms. The Balaban J connectivity index is 2.93. The molecule has 0 aliphatic heterocycles. The standard InChI is InChI=1S/C11H8BrF5O3/c12-6-2-1-5(11(15,16)17)9(8(6)14)20-4-3-7(13)10(18)19/h1-2,7H,3-4H2,(H,18,19). The lowest BCUT2D eigenvalue weighted by molar-refractivity contribution is -0.144. The molecule has 0 amide bonds. The molecule has 1 aromatic rings. The van der Waals surface area contributed by atoms with Crippen molar-refractivity contribution in [2.75, 3.05) is 6.61 Å². The Bertz CT molecular complexity index is 504. The van der Waals surface area contributed by atoms with Gasteiger partial charge >= 0.3 is 12.1 Å². The van der Waals surface area contributed by atoms with Gasteiger partial charge in [-0.3, -0.25) is 0 Å². The predicted molar refractivity (Wildman–Crippen MR) is 61.7 cm³/mol. The van der Waals surface area contributed by atoms with E-state index in [0.717, 1.165) is 6.07 Å². The molecule has 1 atom stereocenters. The number of halogens is 6. The maximum absolute atomic E-state index is 13.6. The number of carbonyl (C=O) groups is 1. The Morgan fingerprint density at radius 3 is 2.50 bits per heavy atom. The van der Waals surface area contributed by atoms with Crippen LogP contribution in [0.3, 0.4) is 0 Å². The first-order valence-electron chi connectivity index (χ1n) is 5.19. The highest BCUT2D eigenvalue weighted by Gasteiger charge is 2.36.